The van der Waals surface area contributed by atoms with Crippen LogP contribution in [-0.2, 0) is 22.1 Å². The van der Waals surface area contributed by atoms with E-state index in [1.165, 1.54) is 5.56 Å². The molecular formula is C21H40O5S4Si2. The van der Waals surface area contributed by atoms with Crippen LogP contribution in [0.2, 0.25) is 6.04 Å². The fourth-order valence-corrected chi connectivity index (χ4v) is 13.8. The van der Waals surface area contributed by atoms with E-state index in [0.717, 1.165) is 56.4 Å². The summed E-state index contributed by atoms with van der Waals surface area (Å²) in [5.74, 6) is 2.14. The van der Waals surface area contributed by atoms with Gasteiger partial charge in [0.15, 0.2) is 0 Å². The molecule has 1 aromatic carbocycles. The lowest BCUT2D eigenvalue weighted by molar-refractivity contribution is 0.123. The molecule has 0 amide bonds. The monoisotopic (exact) mass is 556 g/mol. The third-order valence-corrected chi connectivity index (χ3v) is 17.0. The Labute approximate surface area is 213 Å². The summed E-state index contributed by atoms with van der Waals surface area (Å²) >= 11 is 0. The second-order valence-corrected chi connectivity index (χ2v) is 18.6. The zero-order valence-corrected chi connectivity index (χ0v) is 25.5. The topological polar surface area (TPSA) is 46.2 Å². The Balaban J connectivity index is 2.38. The summed E-state index contributed by atoms with van der Waals surface area (Å²) < 4.78 is 28.8. The highest BCUT2D eigenvalue weighted by Gasteiger charge is 2.36. The average molecular weight is 557 g/mol. The van der Waals surface area contributed by atoms with E-state index in [9.17, 15) is 0 Å². The van der Waals surface area contributed by atoms with Gasteiger partial charge in [-0.25, -0.2) is 0 Å². The first kappa shape index (κ1) is 30.9. The molecule has 5 nitrogen and oxygen atoms in total. The molecule has 0 saturated carbocycles. The van der Waals surface area contributed by atoms with Gasteiger partial charge in [0.25, 0.3) is 0 Å². The van der Waals surface area contributed by atoms with Gasteiger partial charge in [0.1, 0.15) is 0 Å². The van der Waals surface area contributed by atoms with Crippen LogP contribution in [0.25, 0.3) is 0 Å². The lowest BCUT2D eigenvalue weighted by Gasteiger charge is -2.25. The molecule has 0 bridgehead atoms. The molecular weight excluding hydrogens is 517 g/mol. The second kappa shape index (κ2) is 20.1. The van der Waals surface area contributed by atoms with Gasteiger partial charge in [-0.2, -0.15) is 0 Å². The second-order valence-electron chi connectivity index (χ2n) is 7.03. The minimum absolute atomic E-state index is 0.383. The van der Waals surface area contributed by atoms with Crippen LogP contribution in [0.5, 0.6) is 0 Å². The molecule has 2 atom stereocenters. The molecule has 0 aliphatic heterocycles. The molecule has 2 unspecified atom stereocenters. The van der Waals surface area contributed by atoms with Crippen molar-refractivity contribution in [2.24, 2.45) is 0 Å². The first-order valence-electron chi connectivity index (χ1n) is 11.2. The summed E-state index contributed by atoms with van der Waals surface area (Å²) in [7, 11) is 8.32. The standard InChI is InChI=1S/C21H40O5S4Si2/c1-6-8-16-26-31(25-7-2)21(20-13-10-9-11-14-20)15-18-28-30-29-27-17-12-19-32(22-3,23-4)24-5/h9-11,13-14,21,31H,6-8,12,15-19H2,1-5H3. The van der Waals surface area contributed by atoms with Crippen LogP contribution in [0.15, 0.2) is 30.3 Å². The van der Waals surface area contributed by atoms with E-state index in [1.807, 2.05) is 41.2 Å². The number of hydrogen-bond acceptors (Lipinski definition) is 9. The van der Waals surface area contributed by atoms with Crippen molar-refractivity contribution in [1.29, 1.82) is 0 Å². The van der Waals surface area contributed by atoms with Crippen molar-refractivity contribution in [2.45, 2.75) is 51.1 Å². The molecule has 0 spiro atoms. The van der Waals surface area contributed by atoms with Gasteiger partial charge in [0.2, 0.25) is 0 Å². The van der Waals surface area contributed by atoms with Crippen LogP contribution in [0.4, 0.5) is 0 Å². The largest absolute Gasteiger partial charge is 0.500 e. The third-order valence-electron chi connectivity index (χ3n) is 4.95. The Morgan fingerprint density at radius 1 is 0.875 bits per heavy atom. The molecule has 1 aromatic rings. The minimum atomic E-state index is -2.43. The van der Waals surface area contributed by atoms with Crippen LogP contribution in [0.3, 0.4) is 0 Å². The molecule has 0 saturated heterocycles. The maximum Gasteiger partial charge on any atom is 0.500 e. The molecule has 0 heterocycles. The van der Waals surface area contributed by atoms with Crippen molar-refractivity contribution in [1.82, 2.24) is 0 Å². The zero-order chi connectivity index (χ0) is 23.5. The van der Waals surface area contributed by atoms with Gasteiger partial charge in [0, 0.05) is 57.6 Å². The fraction of sp³-hybridized carbons (Fsp3) is 0.714. The first-order chi connectivity index (χ1) is 15.7. The van der Waals surface area contributed by atoms with Crippen molar-refractivity contribution >= 4 is 59.3 Å². The smallest absolute Gasteiger partial charge is 0.396 e. The van der Waals surface area contributed by atoms with Crippen LogP contribution in [0.1, 0.15) is 50.6 Å². The summed E-state index contributed by atoms with van der Waals surface area (Å²) in [5.41, 5.74) is 1.73. The minimum Gasteiger partial charge on any atom is -0.396 e. The van der Waals surface area contributed by atoms with Crippen LogP contribution >= 0.6 is 41.2 Å². The van der Waals surface area contributed by atoms with E-state index >= 15 is 0 Å². The summed E-state index contributed by atoms with van der Waals surface area (Å²) in [6.45, 7) is 5.80. The highest BCUT2D eigenvalue weighted by molar-refractivity contribution is 9.26. The van der Waals surface area contributed by atoms with E-state index in [4.69, 9.17) is 22.1 Å². The summed E-state index contributed by atoms with van der Waals surface area (Å²) in [5, 5.41) is 0. The van der Waals surface area contributed by atoms with Crippen molar-refractivity contribution in [3.05, 3.63) is 35.9 Å². The Kier molecular flexibility index (Phi) is 19.4. The highest BCUT2D eigenvalue weighted by atomic mass is 33.7. The lowest BCUT2D eigenvalue weighted by atomic mass is 10.1. The molecule has 1 rings (SSSR count). The number of rotatable bonds is 21. The normalized spacial score (nSPS) is 13.9. The Hall–Kier alpha value is 0.854. The lowest BCUT2D eigenvalue weighted by Crippen LogP contribution is -2.42. The van der Waals surface area contributed by atoms with Gasteiger partial charge in [-0.1, -0.05) is 65.3 Å². The van der Waals surface area contributed by atoms with E-state index in [0.29, 0.717) is 5.54 Å². The van der Waals surface area contributed by atoms with Gasteiger partial charge < -0.3 is 22.1 Å². The summed E-state index contributed by atoms with van der Waals surface area (Å²) in [6, 6.07) is 11.6. The van der Waals surface area contributed by atoms with Crippen LogP contribution in [0, 0.1) is 0 Å². The quantitative estimate of drug-likeness (QED) is 0.0932. The zero-order valence-electron chi connectivity index (χ0n) is 20.1. The van der Waals surface area contributed by atoms with Gasteiger partial charge in [0.05, 0.1) is 0 Å². The van der Waals surface area contributed by atoms with Crippen molar-refractivity contribution in [3.8, 4) is 0 Å². The van der Waals surface area contributed by atoms with E-state index in [1.54, 1.807) is 21.3 Å². The van der Waals surface area contributed by atoms with Gasteiger partial charge in [-0.15, -0.1) is 0 Å². The van der Waals surface area contributed by atoms with Crippen LogP contribution in [-0.4, -0.2) is 64.1 Å². The molecule has 0 fully saturated rings. The molecule has 0 aliphatic carbocycles. The number of benzene rings is 1. The first-order valence-corrected chi connectivity index (χ1v) is 19.9. The molecule has 11 heteroatoms. The van der Waals surface area contributed by atoms with Crippen LogP contribution < -0.4 is 0 Å². The maximum absolute atomic E-state index is 6.28. The Bertz CT molecular complexity index is 550. The van der Waals surface area contributed by atoms with E-state index < -0.39 is 18.1 Å². The molecule has 0 aromatic heterocycles. The summed E-state index contributed by atoms with van der Waals surface area (Å²) in [6.07, 6.45) is 4.35. The number of unbranched alkanes of at least 4 members (excludes halogenated alkanes) is 1. The van der Waals surface area contributed by atoms with Crippen molar-refractivity contribution in [2.75, 3.05) is 46.0 Å². The van der Waals surface area contributed by atoms with Crippen molar-refractivity contribution < 1.29 is 22.1 Å². The van der Waals surface area contributed by atoms with E-state index in [2.05, 4.69) is 44.2 Å². The molecule has 32 heavy (non-hydrogen) atoms. The van der Waals surface area contributed by atoms with Gasteiger partial charge in [-0.3, -0.25) is 0 Å². The maximum atomic E-state index is 6.28. The third kappa shape index (κ3) is 12.5. The van der Waals surface area contributed by atoms with Gasteiger partial charge in [-0.05, 0) is 51.4 Å². The average Bonchev–Trinajstić information content (AvgIpc) is 2.83. The predicted octanol–water partition coefficient (Wildman–Crippen LogP) is 6.72. The predicted molar refractivity (Wildman–Crippen MR) is 150 cm³/mol. The molecule has 0 aliphatic rings. The number of hydrogen-bond donors (Lipinski definition) is 0. The van der Waals surface area contributed by atoms with Gasteiger partial charge >= 0.3 is 18.1 Å². The SMILES string of the molecule is CCCCO[SiH](OCC)C(CCSSSSCCC[Si](OC)(OC)OC)c1ccccc1. The highest BCUT2D eigenvalue weighted by Crippen LogP contribution is 2.44. The Morgan fingerprint density at radius 2 is 1.53 bits per heavy atom. The Morgan fingerprint density at radius 3 is 2.12 bits per heavy atom. The molecule has 0 radical (unpaired) electrons. The molecule has 0 N–H and O–H groups in total. The fourth-order valence-electron chi connectivity index (χ4n) is 3.13. The van der Waals surface area contributed by atoms with Crippen molar-refractivity contribution in [3.63, 3.8) is 0 Å². The summed E-state index contributed by atoms with van der Waals surface area (Å²) in [4.78, 5) is 0. The molecule has 186 valence electrons. The van der Waals surface area contributed by atoms with E-state index in [-0.39, 0.29) is 0 Å².